The maximum atomic E-state index is 12.5. The Bertz CT molecular complexity index is 675. The number of aromatic nitrogens is 1. The van der Waals surface area contributed by atoms with Crippen LogP contribution in [0.15, 0.2) is 48.8 Å². The molecular weight excluding hydrogens is 304 g/mol. The molecule has 0 bridgehead atoms. The largest absolute Gasteiger partial charge is 0.508 e. The Morgan fingerprint density at radius 3 is 2.96 bits per heavy atom. The summed E-state index contributed by atoms with van der Waals surface area (Å²) >= 11 is 0. The van der Waals surface area contributed by atoms with Gasteiger partial charge in [-0.1, -0.05) is 18.2 Å². The molecule has 0 unspecified atom stereocenters. The summed E-state index contributed by atoms with van der Waals surface area (Å²) in [6.45, 7) is 1.91. The molecule has 1 saturated heterocycles. The molecule has 1 amide bonds. The van der Waals surface area contributed by atoms with Gasteiger partial charge in [-0.05, 0) is 42.2 Å². The monoisotopic (exact) mass is 326 g/mol. The lowest BCUT2D eigenvalue weighted by atomic mass is 10.1. The summed E-state index contributed by atoms with van der Waals surface area (Å²) in [6, 6.07) is 10.7. The van der Waals surface area contributed by atoms with Gasteiger partial charge in [0.25, 0.3) is 0 Å². The Morgan fingerprint density at radius 2 is 2.17 bits per heavy atom. The van der Waals surface area contributed by atoms with Crippen molar-refractivity contribution in [3.63, 3.8) is 0 Å². The van der Waals surface area contributed by atoms with Gasteiger partial charge in [-0.3, -0.25) is 9.78 Å². The fourth-order valence-corrected chi connectivity index (χ4v) is 2.95. The van der Waals surface area contributed by atoms with Gasteiger partial charge in [-0.2, -0.15) is 0 Å². The minimum atomic E-state index is 0.0621. The fraction of sp³-hybridized carbons (Fsp3) is 0.368. The molecule has 0 aliphatic carbocycles. The Balaban J connectivity index is 1.52. The Kier molecular flexibility index (Phi) is 5.43. The molecule has 0 spiro atoms. The Labute approximate surface area is 141 Å². The lowest BCUT2D eigenvalue weighted by molar-refractivity contribution is -0.134. The quantitative estimate of drug-likeness (QED) is 0.917. The first-order valence-electron chi connectivity index (χ1n) is 8.27. The third-order valence-corrected chi connectivity index (χ3v) is 4.21. The number of carbonyl (C=O) groups excluding carboxylic acids is 1. The molecule has 1 fully saturated rings. The van der Waals surface area contributed by atoms with Crippen LogP contribution in [0, 0.1) is 0 Å². The van der Waals surface area contributed by atoms with Crippen LogP contribution in [0.3, 0.4) is 0 Å². The van der Waals surface area contributed by atoms with Crippen LogP contribution in [-0.2, 0) is 22.6 Å². The highest BCUT2D eigenvalue weighted by Crippen LogP contribution is 2.17. The maximum absolute atomic E-state index is 12.5. The summed E-state index contributed by atoms with van der Waals surface area (Å²) in [6.07, 6.45) is 5.83. The second kappa shape index (κ2) is 7.93. The number of phenols is 1. The summed E-state index contributed by atoms with van der Waals surface area (Å²) in [5.74, 6) is 0.270. The zero-order valence-corrected chi connectivity index (χ0v) is 13.6. The van der Waals surface area contributed by atoms with Gasteiger partial charge in [0.2, 0.25) is 5.91 Å². The minimum absolute atomic E-state index is 0.0621. The molecule has 24 heavy (non-hydrogen) atoms. The van der Waals surface area contributed by atoms with Crippen LogP contribution in [0.4, 0.5) is 0 Å². The summed E-state index contributed by atoms with van der Waals surface area (Å²) in [7, 11) is 0. The zero-order valence-electron chi connectivity index (χ0n) is 13.6. The van der Waals surface area contributed by atoms with E-state index in [1.54, 1.807) is 30.6 Å². The van der Waals surface area contributed by atoms with Crippen molar-refractivity contribution in [2.75, 3.05) is 13.1 Å². The average Bonchev–Trinajstić information content (AvgIpc) is 2.61. The van der Waals surface area contributed by atoms with Crippen LogP contribution in [-0.4, -0.2) is 40.1 Å². The normalized spacial score (nSPS) is 17.7. The van der Waals surface area contributed by atoms with Crippen LogP contribution >= 0.6 is 0 Å². The van der Waals surface area contributed by atoms with E-state index < -0.39 is 0 Å². The van der Waals surface area contributed by atoms with Crippen molar-refractivity contribution < 1.29 is 14.6 Å². The number of benzene rings is 1. The van der Waals surface area contributed by atoms with Crippen molar-refractivity contribution in [1.82, 2.24) is 9.88 Å². The highest BCUT2D eigenvalue weighted by molar-refractivity contribution is 5.79. The van der Waals surface area contributed by atoms with E-state index in [1.165, 1.54) is 0 Å². The van der Waals surface area contributed by atoms with Crippen molar-refractivity contribution in [2.24, 2.45) is 0 Å². The van der Waals surface area contributed by atoms with Crippen LogP contribution in [0.2, 0.25) is 0 Å². The van der Waals surface area contributed by atoms with Gasteiger partial charge >= 0.3 is 0 Å². The molecule has 5 heteroatoms. The Morgan fingerprint density at radius 1 is 1.29 bits per heavy atom. The number of piperidine rings is 1. The third kappa shape index (κ3) is 4.55. The van der Waals surface area contributed by atoms with Crippen molar-refractivity contribution >= 4 is 5.91 Å². The number of pyridine rings is 1. The number of rotatable bonds is 5. The molecule has 2 heterocycles. The van der Waals surface area contributed by atoms with Crippen molar-refractivity contribution in [3.05, 3.63) is 59.9 Å². The van der Waals surface area contributed by atoms with Crippen molar-refractivity contribution in [1.29, 1.82) is 0 Å². The molecule has 1 aromatic heterocycles. The standard InChI is InChI=1S/C19H22N2O3/c22-17-6-1-4-15(10-17)11-19(23)21-9-3-7-18(13-21)24-14-16-5-2-8-20-12-16/h1-2,4-6,8,10,12,18,22H,3,7,9,11,13-14H2/t18-/m0/s1. The summed E-state index contributed by atoms with van der Waals surface area (Å²) < 4.78 is 5.94. The number of hydrogen-bond donors (Lipinski definition) is 1. The van der Waals surface area contributed by atoms with Gasteiger partial charge in [0.15, 0.2) is 0 Å². The highest BCUT2D eigenvalue weighted by atomic mass is 16.5. The lowest BCUT2D eigenvalue weighted by Crippen LogP contribution is -2.43. The van der Waals surface area contributed by atoms with E-state index in [-0.39, 0.29) is 17.8 Å². The van der Waals surface area contributed by atoms with Crippen molar-refractivity contribution in [2.45, 2.75) is 32.0 Å². The van der Waals surface area contributed by atoms with Gasteiger partial charge in [0, 0.05) is 25.5 Å². The number of aromatic hydroxyl groups is 1. The number of amides is 1. The van der Waals surface area contributed by atoms with Crippen molar-refractivity contribution in [3.8, 4) is 5.75 Å². The van der Waals surface area contributed by atoms with Gasteiger partial charge < -0.3 is 14.7 Å². The molecule has 2 aromatic rings. The first kappa shape index (κ1) is 16.5. The van der Waals surface area contributed by atoms with E-state index >= 15 is 0 Å². The average molecular weight is 326 g/mol. The van der Waals surface area contributed by atoms with Gasteiger partial charge in [-0.25, -0.2) is 0 Å². The lowest BCUT2D eigenvalue weighted by Gasteiger charge is -2.32. The van der Waals surface area contributed by atoms with E-state index in [4.69, 9.17) is 4.74 Å². The molecule has 5 nitrogen and oxygen atoms in total. The van der Waals surface area contributed by atoms with Gasteiger partial charge in [-0.15, -0.1) is 0 Å². The molecular formula is C19H22N2O3. The van der Waals surface area contributed by atoms with Crippen LogP contribution in [0.25, 0.3) is 0 Å². The molecule has 0 radical (unpaired) electrons. The van der Waals surface area contributed by atoms with Crippen LogP contribution in [0.1, 0.15) is 24.0 Å². The van der Waals surface area contributed by atoms with E-state index in [2.05, 4.69) is 4.98 Å². The Hall–Kier alpha value is -2.40. The summed E-state index contributed by atoms with van der Waals surface area (Å²) in [5.41, 5.74) is 1.87. The SMILES string of the molecule is O=C(Cc1cccc(O)c1)N1CCC[C@H](OCc2cccnc2)C1. The van der Waals surface area contributed by atoms with Crippen LogP contribution in [0.5, 0.6) is 5.75 Å². The van der Waals surface area contributed by atoms with Gasteiger partial charge in [0.1, 0.15) is 5.75 Å². The predicted octanol–water partition coefficient (Wildman–Crippen LogP) is 2.54. The number of hydrogen-bond acceptors (Lipinski definition) is 4. The first-order chi connectivity index (χ1) is 11.7. The van der Waals surface area contributed by atoms with E-state index in [0.29, 0.717) is 19.6 Å². The topological polar surface area (TPSA) is 62.7 Å². The molecule has 126 valence electrons. The summed E-state index contributed by atoms with van der Waals surface area (Å²) in [4.78, 5) is 18.4. The maximum Gasteiger partial charge on any atom is 0.227 e. The van der Waals surface area contributed by atoms with E-state index in [0.717, 1.165) is 30.5 Å². The second-order valence-electron chi connectivity index (χ2n) is 6.12. The molecule has 1 aliphatic rings. The molecule has 1 aliphatic heterocycles. The predicted molar refractivity (Wildman–Crippen MR) is 90.4 cm³/mol. The zero-order chi connectivity index (χ0) is 16.8. The van der Waals surface area contributed by atoms with Crippen LogP contribution < -0.4 is 0 Å². The highest BCUT2D eigenvalue weighted by Gasteiger charge is 2.24. The molecule has 1 N–H and O–H groups in total. The fourth-order valence-electron chi connectivity index (χ4n) is 2.95. The van der Waals surface area contributed by atoms with E-state index in [1.807, 2.05) is 23.1 Å². The van der Waals surface area contributed by atoms with E-state index in [9.17, 15) is 9.90 Å². The third-order valence-electron chi connectivity index (χ3n) is 4.21. The minimum Gasteiger partial charge on any atom is -0.508 e. The number of phenolic OH excluding ortho intramolecular Hbond substituents is 1. The second-order valence-corrected chi connectivity index (χ2v) is 6.12. The first-order valence-corrected chi connectivity index (χ1v) is 8.27. The number of nitrogens with zero attached hydrogens (tertiary/aromatic N) is 2. The smallest absolute Gasteiger partial charge is 0.227 e. The van der Waals surface area contributed by atoms with Gasteiger partial charge in [0.05, 0.1) is 19.1 Å². The molecule has 1 atom stereocenters. The molecule has 1 aromatic carbocycles. The number of carbonyl (C=O) groups is 1. The number of likely N-dealkylation sites (tertiary alicyclic amines) is 1. The molecule has 0 saturated carbocycles. The molecule has 3 rings (SSSR count). The number of ether oxygens (including phenoxy) is 1. The summed E-state index contributed by atoms with van der Waals surface area (Å²) in [5, 5.41) is 9.51.